The van der Waals surface area contributed by atoms with Crippen molar-refractivity contribution in [3.63, 3.8) is 0 Å². The number of rotatable bonds is 4. The largest absolute Gasteiger partial charge is 0.489 e. The summed E-state index contributed by atoms with van der Waals surface area (Å²) in [6.45, 7) is 3.62. The van der Waals surface area contributed by atoms with Gasteiger partial charge in [-0.15, -0.1) is 0 Å². The van der Waals surface area contributed by atoms with Crippen LogP contribution >= 0.6 is 0 Å². The van der Waals surface area contributed by atoms with Crippen molar-refractivity contribution >= 4 is 23.4 Å². The van der Waals surface area contributed by atoms with E-state index in [9.17, 15) is 14.4 Å². The Morgan fingerprint density at radius 2 is 1.92 bits per heavy atom. The topological polar surface area (TPSA) is 115 Å². The number of carbonyl (C=O) groups is 3. The number of fused-ring (bicyclic) bond motifs is 1. The summed E-state index contributed by atoms with van der Waals surface area (Å²) in [7, 11) is 1.59. The maximum atomic E-state index is 13.1. The van der Waals surface area contributed by atoms with Crippen molar-refractivity contribution in [2.45, 2.75) is 19.0 Å². The molecule has 2 atom stereocenters. The number of nitrogens with zero attached hydrogens (tertiary/aromatic N) is 3. The number of anilines is 1. The predicted molar refractivity (Wildman–Crippen MR) is 133 cm³/mol. The van der Waals surface area contributed by atoms with Crippen LogP contribution in [0.4, 0.5) is 5.69 Å². The minimum atomic E-state index is -1.02. The van der Waals surface area contributed by atoms with Crippen molar-refractivity contribution < 1.29 is 19.1 Å². The Kier molecular flexibility index (Phi) is 7.53. The molecule has 2 aliphatic heterocycles. The minimum absolute atomic E-state index is 0.106. The van der Waals surface area contributed by atoms with Gasteiger partial charge in [0.05, 0.1) is 24.3 Å². The zero-order chi connectivity index (χ0) is 25.7. The van der Waals surface area contributed by atoms with Gasteiger partial charge in [-0.25, -0.2) is 0 Å². The lowest BCUT2D eigenvalue weighted by molar-refractivity contribution is -0.141. The van der Waals surface area contributed by atoms with Crippen LogP contribution in [0.3, 0.4) is 0 Å². The zero-order valence-corrected chi connectivity index (χ0v) is 20.2. The van der Waals surface area contributed by atoms with Gasteiger partial charge in [0.1, 0.15) is 18.4 Å². The monoisotopic (exact) mass is 485 g/mol. The molecular weight excluding hydrogens is 458 g/mol. The maximum Gasteiger partial charge on any atom is 0.310 e. The van der Waals surface area contributed by atoms with E-state index in [0.29, 0.717) is 18.0 Å². The minimum Gasteiger partial charge on any atom is -0.489 e. The highest BCUT2D eigenvalue weighted by molar-refractivity contribution is 6.35. The molecule has 3 amide bonds. The van der Waals surface area contributed by atoms with Gasteiger partial charge in [0.25, 0.3) is 5.91 Å². The highest BCUT2D eigenvalue weighted by Gasteiger charge is 2.32. The van der Waals surface area contributed by atoms with E-state index in [1.165, 1.54) is 4.90 Å². The Hall–Kier alpha value is -4.34. The number of likely N-dealkylation sites (tertiary alicyclic amines) is 1. The van der Waals surface area contributed by atoms with Crippen LogP contribution in [0.2, 0.25) is 0 Å². The van der Waals surface area contributed by atoms with Gasteiger partial charge in [0.15, 0.2) is 0 Å². The van der Waals surface area contributed by atoms with Crippen molar-refractivity contribution in [2.24, 2.45) is 5.92 Å². The molecule has 2 aromatic carbocycles. The number of benzene rings is 2. The van der Waals surface area contributed by atoms with E-state index in [2.05, 4.69) is 28.5 Å². The molecule has 0 unspecified atom stereocenters. The van der Waals surface area contributed by atoms with Gasteiger partial charge in [-0.3, -0.25) is 19.3 Å². The summed E-state index contributed by atoms with van der Waals surface area (Å²) >= 11 is 0. The smallest absolute Gasteiger partial charge is 0.310 e. The molecule has 2 N–H and O–H groups in total. The van der Waals surface area contributed by atoms with Crippen molar-refractivity contribution in [3.8, 4) is 23.7 Å². The van der Waals surface area contributed by atoms with E-state index >= 15 is 0 Å². The number of nitriles is 1. The van der Waals surface area contributed by atoms with Gasteiger partial charge >= 0.3 is 11.8 Å². The fraction of sp³-hybridized carbons (Fsp3) is 0.333. The SMILES string of the molecule is C[C@@H](NC(=O)C(=O)N[C@H]1COc2ccc(C#CC3CN(CC#N)C3)cc2N(C)C1=O)c1ccccc1. The van der Waals surface area contributed by atoms with Crippen LogP contribution < -0.4 is 20.3 Å². The maximum absolute atomic E-state index is 13.1. The molecule has 0 bridgehead atoms. The van der Waals surface area contributed by atoms with E-state index in [1.807, 2.05) is 41.3 Å². The molecule has 0 aromatic heterocycles. The normalized spacial score (nSPS) is 18.2. The number of hydrogen-bond donors (Lipinski definition) is 2. The van der Waals surface area contributed by atoms with E-state index in [4.69, 9.17) is 10.00 Å². The molecule has 0 aliphatic carbocycles. The first-order valence-electron chi connectivity index (χ1n) is 11.7. The lowest BCUT2D eigenvalue weighted by atomic mass is 10.0. The van der Waals surface area contributed by atoms with Crippen LogP contribution in [0.25, 0.3) is 0 Å². The molecule has 1 saturated heterocycles. The quantitative estimate of drug-likeness (QED) is 0.382. The second kappa shape index (κ2) is 10.9. The Balaban J connectivity index is 1.38. The average molecular weight is 486 g/mol. The van der Waals surface area contributed by atoms with Gasteiger partial charge < -0.3 is 20.3 Å². The second-order valence-corrected chi connectivity index (χ2v) is 8.84. The first kappa shape index (κ1) is 24.8. The molecule has 9 heteroatoms. The summed E-state index contributed by atoms with van der Waals surface area (Å²) in [4.78, 5) is 41.5. The number of ether oxygens (including phenoxy) is 1. The van der Waals surface area contributed by atoms with Gasteiger partial charge in [-0.05, 0) is 30.7 Å². The van der Waals surface area contributed by atoms with Crippen LogP contribution in [-0.4, -0.2) is 62.0 Å². The predicted octanol–water partition coefficient (Wildman–Crippen LogP) is 1.21. The van der Waals surface area contributed by atoms with Crippen LogP contribution in [0.15, 0.2) is 48.5 Å². The average Bonchev–Trinajstić information content (AvgIpc) is 2.97. The standard InChI is InChI=1S/C27H27N5O4/c1-18(21-6-4-3-5-7-21)29-25(33)26(34)30-22-17-36-24-11-10-19(14-23(24)31(2)27(22)35)8-9-20-15-32(16-20)13-12-28/h3-7,10-11,14,18,20,22H,13,15-17H2,1-2H3,(H,29,33)(H,30,34)/t18-,22+/m1/s1. The van der Waals surface area contributed by atoms with E-state index in [1.54, 1.807) is 26.1 Å². The Morgan fingerprint density at radius 3 is 2.64 bits per heavy atom. The van der Waals surface area contributed by atoms with Crippen LogP contribution in [0.5, 0.6) is 5.75 Å². The zero-order valence-electron chi connectivity index (χ0n) is 20.2. The van der Waals surface area contributed by atoms with Gasteiger partial charge in [-0.2, -0.15) is 5.26 Å². The van der Waals surface area contributed by atoms with Gasteiger partial charge in [0, 0.05) is 31.6 Å². The number of hydrogen-bond acceptors (Lipinski definition) is 6. The summed E-state index contributed by atoms with van der Waals surface area (Å²) in [5.74, 6) is 4.89. The number of nitrogens with one attached hydrogen (secondary N) is 2. The molecule has 0 saturated carbocycles. The highest BCUT2D eigenvalue weighted by Crippen LogP contribution is 2.31. The summed E-state index contributed by atoms with van der Waals surface area (Å²) in [5.41, 5.74) is 2.12. The lowest BCUT2D eigenvalue weighted by Crippen LogP contribution is -2.53. The molecule has 2 aromatic rings. The molecule has 0 spiro atoms. The summed E-state index contributed by atoms with van der Waals surface area (Å²) in [6.07, 6.45) is 0. The van der Waals surface area contributed by atoms with E-state index in [-0.39, 0.29) is 18.6 Å². The third kappa shape index (κ3) is 5.65. The molecule has 2 heterocycles. The van der Waals surface area contributed by atoms with Gasteiger partial charge in [-0.1, -0.05) is 42.2 Å². The second-order valence-electron chi connectivity index (χ2n) is 8.84. The first-order chi connectivity index (χ1) is 17.4. The van der Waals surface area contributed by atoms with Gasteiger partial charge in [0.2, 0.25) is 0 Å². The number of amides is 3. The summed E-state index contributed by atoms with van der Waals surface area (Å²) < 4.78 is 5.79. The number of carbonyl (C=O) groups excluding carboxylic acids is 3. The Morgan fingerprint density at radius 1 is 1.17 bits per heavy atom. The lowest BCUT2D eigenvalue weighted by Gasteiger charge is -2.34. The van der Waals surface area contributed by atoms with E-state index in [0.717, 1.165) is 24.2 Å². The molecule has 2 aliphatic rings. The molecule has 1 fully saturated rings. The van der Waals surface area contributed by atoms with Crippen molar-refractivity contribution in [1.29, 1.82) is 5.26 Å². The molecule has 36 heavy (non-hydrogen) atoms. The third-order valence-corrected chi connectivity index (χ3v) is 6.19. The van der Waals surface area contributed by atoms with Crippen LogP contribution in [-0.2, 0) is 14.4 Å². The van der Waals surface area contributed by atoms with Crippen molar-refractivity contribution in [2.75, 3.05) is 38.2 Å². The van der Waals surface area contributed by atoms with Crippen molar-refractivity contribution in [1.82, 2.24) is 15.5 Å². The van der Waals surface area contributed by atoms with Crippen molar-refractivity contribution in [3.05, 3.63) is 59.7 Å². The first-order valence-corrected chi connectivity index (χ1v) is 11.7. The molecule has 0 radical (unpaired) electrons. The molecule has 9 nitrogen and oxygen atoms in total. The van der Waals surface area contributed by atoms with Crippen LogP contribution in [0.1, 0.15) is 24.1 Å². The van der Waals surface area contributed by atoms with E-state index < -0.39 is 23.8 Å². The highest BCUT2D eigenvalue weighted by atomic mass is 16.5. The molecule has 184 valence electrons. The fourth-order valence-electron chi connectivity index (χ4n) is 4.07. The Bertz CT molecular complexity index is 1250. The third-order valence-electron chi connectivity index (χ3n) is 6.19. The van der Waals surface area contributed by atoms with Crippen LogP contribution in [0, 0.1) is 29.1 Å². The summed E-state index contributed by atoms with van der Waals surface area (Å²) in [6, 6.07) is 15.3. The summed E-state index contributed by atoms with van der Waals surface area (Å²) in [5, 5.41) is 13.9. The Labute approximate surface area is 210 Å². The molecular formula is C27H27N5O4. The molecule has 4 rings (SSSR count). The number of likely N-dealkylation sites (N-methyl/N-ethyl adjacent to an activating group) is 1. The fourth-order valence-corrected chi connectivity index (χ4v) is 4.07.